The molecule has 1 aromatic carbocycles. The zero-order chi connectivity index (χ0) is 21.1. The fourth-order valence-electron chi connectivity index (χ4n) is 3.64. The number of benzene rings is 1. The van der Waals surface area contributed by atoms with E-state index in [0.29, 0.717) is 27.9 Å². The van der Waals surface area contributed by atoms with Crippen molar-refractivity contribution in [2.24, 2.45) is 0 Å². The molecular formula is C20H23ClN6O3. The quantitative estimate of drug-likeness (QED) is 0.641. The van der Waals surface area contributed by atoms with Gasteiger partial charge in [-0.15, -0.1) is 0 Å². The molecule has 1 amide bonds. The highest BCUT2D eigenvalue weighted by Crippen LogP contribution is 2.36. The Labute approximate surface area is 178 Å². The maximum atomic E-state index is 12.7. The van der Waals surface area contributed by atoms with Crippen LogP contribution in [0, 0.1) is 0 Å². The number of carbonyl (C=O) groups excluding carboxylic acids is 1. The Morgan fingerprint density at radius 1 is 1.13 bits per heavy atom. The van der Waals surface area contributed by atoms with E-state index in [4.69, 9.17) is 21.1 Å². The topological polar surface area (TPSA) is 94.4 Å². The van der Waals surface area contributed by atoms with Gasteiger partial charge in [-0.25, -0.2) is 14.6 Å². The van der Waals surface area contributed by atoms with Crippen LogP contribution in [0.3, 0.4) is 0 Å². The van der Waals surface area contributed by atoms with Crippen LogP contribution in [-0.4, -0.2) is 53.0 Å². The maximum Gasteiger partial charge on any atom is 0.246 e. The number of anilines is 2. The van der Waals surface area contributed by atoms with Crippen LogP contribution < -0.4 is 19.7 Å². The van der Waals surface area contributed by atoms with Crippen LogP contribution in [0.5, 0.6) is 11.5 Å². The van der Waals surface area contributed by atoms with Crippen molar-refractivity contribution in [3.05, 3.63) is 29.7 Å². The normalized spacial score (nSPS) is 14.0. The van der Waals surface area contributed by atoms with Crippen molar-refractivity contribution in [1.82, 2.24) is 19.7 Å². The maximum absolute atomic E-state index is 12.7. The molecule has 10 heteroatoms. The first kappa shape index (κ1) is 20.2. The van der Waals surface area contributed by atoms with Crippen LogP contribution in [0.15, 0.2) is 24.7 Å². The summed E-state index contributed by atoms with van der Waals surface area (Å²) in [4.78, 5) is 23.7. The van der Waals surface area contributed by atoms with E-state index in [0.717, 1.165) is 37.1 Å². The highest BCUT2D eigenvalue weighted by molar-refractivity contribution is 6.32. The lowest BCUT2D eigenvalue weighted by Gasteiger charge is -2.27. The van der Waals surface area contributed by atoms with Gasteiger partial charge in [-0.1, -0.05) is 11.6 Å². The van der Waals surface area contributed by atoms with Gasteiger partial charge in [0.15, 0.2) is 5.65 Å². The average molecular weight is 431 g/mol. The van der Waals surface area contributed by atoms with Gasteiger partial charge in [0.1, 0.15) is 30.2 Å². The molecule has 0 spiro atoms. The molecule has 1 saturated heterocycles. The third-order valence-corrected chi connectivity index (χ3v) is 5.40. The van der Waals surface area contributed by atoms with E-state index < -0.39 is 0 Å². The predicted molar refractivity (Wildman–Crippen MR) is 115 cm³/mol. The fourth-order valence-corrected chi connectivity index (χ4v) is 3.88. The van der Waals surface area contributed by atoms with Crippen LogP contribution in [0.4, 0.5) is 11.5 Å². The number of hydrogen-bond donors (Lipinski definition) is 1. The van der Waals surface area contributed by atoms with Crippen LogP contribution in [0.1, 0.15) is 19.3 Å². The number of nitrogens with zero attached hydrogens (tertiary/aromatic N) is 5. The largest absolute Gasteiger partial charge is 0.495 e. The first-order valence-electron chi connectivity index (χ1n) is 9.73. The van der Waals surface area contributed by atoms with Gasteiger partial charge < -0.3 is 19.7 Å². The Balaban J connectivity index is 1.55. The van der Waals surface area contributed by atoms with Crippen molar-refractivity contribution in [2.45, 2.75) is 25.8 Å². The summed E-state index contributed by atoms with van der Waals surface area (Å²) in [5.74, 6) is 1.50. The molecule has 30 heavy (non-hydrogen) atoms. The Morgan fingerprint density at radius 3 is 2.63 bits per heavy atom. The smallest absolute Gasteiger partial charge is 0.246 e. The first-order chi connectivity index (χ1) is 14.6. The van der Waals surface area contributed by atoms with Crippen molar-refractivity contribution in [2.75, 3.05) is 37.5 Å². The Hall–Kier alpha value is -3.07. The molecule has 0 saturated carbocycles. The van der Waals surface area contributed by atoms with Gasteiger partial charge in [0.2, 0.25) is 5.91 Å². The van der Waals surface area contributed by atoms with Crippen LogP contribution >= 0.6 is 11.6 Å². The van der Waals surface area contributed by atoms with Crippen LogP contribution in [0.25, 0.3) is 11.0 Å². The van der Waals surface area contributed by atoms with Crippen LogP contribution in [0.2, 0.25) is 5.02 Å². The van der Waals surface area contributed by atoms with Crippen molar-refractivity contribution in [3.8, 4) is 11.5 Å². The Bertz CT molecular complexity index is 1060. The molecule has 1 aliphatic heterocycles. The summed E-state index contributed by atoms with van der Waals surface area (Å²) in [6.07, 6.45) is 6.78. The molecule has 0 unspecified atom stereocenters. The predicted octanol–water partition coefficient (Wildman–Crippen LogP) is 3.13. The number of carbonyl (C=O) groups is 1. The molecule has 0 bridgehead atoms. The fraction of sp³-hybridized carbons (Fsp3) is 0.400. The molecule has 1 aliphatic rings. The van der Waals surface area contributed by atoms with Gasteiger partial charge in [-0.2, -0.15) is 5.10 Å². The number of halogens is 1. The minimum absolute atomic E-state index is 0.00719. The van der Waals surface area contributed by atoms with Gasteiger partial charge >= 0.3 is 0 Å². The number of nitrogens with one attached hydrogen (secondary N) is 1. The highest BCUT2D eigenvalue weighted by atomic mass is 35.5. The third-order valence-electron chi connectivity index (χ3n) is 5.11. The Kier molecular flexibility index (Phi) is 5.89. The van der Waals surface area contributed by atoms with Gasteiger partial charge in [0.25, 0.3) is 0 Å². The van der Waals surface area contributed by atoms with E-state index in [1.165, 1.54) is 27.0 Å². The molecule has 4 rings (SSSR count). The lowest BCUT2D eigenvalue weighted by molar-refractivity contribution is -0.116. The number of hydrogen-bond acceptors (Lipinski definition) is 7. The molecule has 0 atom stereocenters. The van der Waals surface area contributed by atoms with Gasteiger partial charge in [-0.3, -0.25) is 4.79 Å². The molecular weight excluding hydrogens is 408 g/mol. The van der Waals surface area contributed by atoms with Crippen molar-refractivity contribution in [3.63, 3.8) is 0 Å². The summed E-state index contributed by atoms with van der Waals surface area (Å²) in [6, 6.07) is 3.22. The van der Waals surface area contributed by atoms with Crippen molar-refractivity contribution in [1.29, 1.82) is 0 Å². The summed E-state index contributed by atoms with van der Waals surface area (Å²) < 4.78 is 12.1. The number of fused-ring (bicyclic) bond motifs is 1. The van der Waals surface area contributed by atoms with E-state index in [1.807, 2.05) is 0 Å². The summed E-state index contributed by atoms with van der Waals surface area (Å²) in [5, 5.41) is 8.40. The van der Waals surface area contributed by atoms with Crippen LogP contribution in [-0.2, 0) is 11.3 Å². The number of methoxy groups -OCH3 is 2. The molecule has 1 N–H and O–H groups in total. The lowest BCUT2D eigenvalue weighted by Crippen LogP contribution is -2.30. The minimum Gasteiger partial charge on any atom is -0.495 e. The molecule has 0 aliphatic carbocycles. The summed E-state index contributed by atoms with van der Waals surface area (Å²) in [7, 11) is 3.03. The SMILES string of the molecule is COc1cc(OC)c(NC(=O)Cn2ncc3c(N4CCCCC4)ncnc32)cc1Cl. The van der Waals surface area contributed by atoms with Crippen molar-refractivity contribution < 1.29 is 14.3 Å². The number of amides is 1. The summed E-state index contributed by atoms with van der Waals surface area (Å²) in [6.45, 7) is 1.93. The van der Waals surface area contributed by atoms with E-state index >= 15 is 0 Å². The summed E-state index contributed by atoms with van der Waals surface area (Å²) >= 11 is 6.18. The second-order valence-electron chi connectivity index (χ2n) is 7.02. The number of aromatic nitrogens is 4. The van der Waals surface area contributed by atoms with E-state index in [-0.39, 0.29) is 12.5 Å². The number of ether oxygens (including phenoxy) is 2. The minimum atomic E-state index is -0.280. The molecule has 2 aromatic heterocycles. The lowest BCUT2D eigenvalue weighted by atomic mass is 10.1. The van der Waals surface area contributed by atoms with Gasteiger partial charge in [0, 0.05) is 19.2 Å². The number of rotatable bonds is 6. The van der Waals surface area contributed by atoms with E-state index in [1.54, 1.807) is 23.0 Å². The average Bonchev–Trinajstić information content (AvgIpc) is 3.17. The van der Waals surface area contributed by atoms with E-state index in [9.17, 15) is 4.79 Å². The zero-order valence-corrected chi connectivity index (χ0v) is 17.6. The molecule has 9 nitrogen and oxygen atoms in total. The second kappa shape index (κ2) is 8.74. The molecule has 158 valence electrons. The van der Waals surface area contributed by atoms with E-state index in [2.05, 4.69) is 25.3 Å². The zero-order valence-electron chi connectivity index (χ0n) is 16.9. The molecule has 0 radical (unpaired) electrons. The molecule has 1 fully saturated rings. The first-order valence-corrected chi connectivity index (χ1v) is 10.1. The van der Waals surface area contributed by atoms with Gasteiger partial charge in [0.05, 0.1) is 36.5 Å². The second-order valence-corrected chi connectivity index (χ2v) is 7.43. The number of piperidine rings is 1. The molecule has 3 heterocycles. The third kappa shape index (κ3) is 3.97. The monoisotopic (exact) mass is 430 g/mol. The summed E-state index contributed by atoms with van der Waals surface area (Å²) in [5.41, 5.74) is 1.08. The Morgan fingerprint density at radius 2 is 1.90 bits per heavy atom. The van der Waals surface area contributed by atoms with Crippen molar-refractivity contribution >= 4 is 40.0 Å². The molecule has 3 aromatic rings. The standard InChI is InChI=1S/C20H23ClN6O3/c1-29-16-9-17(30-2)15(8-14(16)21)25-18(28)11-27-20-13(10-24-27)19(22-12-23-20)26-6-4-3-5-7-26/h8-10,12H,3-7,11H2,1-2H3,(H,25,28). The van der Waals surface area contributed by atoms with Gasteiger partial charge in [-0.05, 0) is 25.3 Å². The highest BCUT2D eigenvalue weighted by Gasteiger charge is 2.19.